The monoisotopic (exact) mass is 427 g/mol. The lowest BCUT2D eigenvalue weighted by Gasteiger charge is -2.15. The zero-order chi connectivity index (χ0) is 22.7. The number of rotatable bonds is 6. The third-order valence-corrected chi connectivity index (χ3v) is 5.41. The van der Waals surface area contributed by atoms with Gasteiger partial charge in [0.2, 0.25) is 0 Å². The van der Waals surface area contributed by atoms with Gasteiger partial charge < -0.3 is 14.5 Å². The van der Waals surface area contributed by atoms with Crippen LogP contribution in [-0.2, 0) is 4.79 Å². The van der Waals surface area contributed by atoms with E-state index in [1.807, 2.05) is 67.6 Å². The summed E-state index contributed by atoms with van der Waals surface area (Å²) in [6.07, 6.45) is 0. The molecule has 4 aromatic rings. The molecule has 0 atom stereocenters. The fraction of sp³-hybridized carbons (Fsp3) is 0.185. The highest BCUT2D eigenvalue weighted by atomic mass is 16.5. The number of hydrogen-bond acceptors (Lipinski definition) is 4. The Labute approximate surface area is 186 Å². The molecule has 4 rings (SSSR count). The highest BCUT2D eigenvalue weighted by molar-refractivity contribution is 5.96. The van der Waals surface area contributed by atoms with E-state index in [0.29, 0.717) is 16.9 Å². The summed E-state index contributed by atoms with van der Waals surface area (Å²) in [5.74, 6) is 0.534. The number of hydrogen-bond donors (Lipinski definition) is 1. The van der Waals surface area contributed by atoms with Crippen molar-refractivity contribution in [1.82, 2.24) is 0 Å². The third kappa shape index (κ3) is 4.42. The molecule has 0 spiro atoms. The third-order valence-electron chi connectivity index (χ3n) is 5.41. The minimum Gasteiger partial charge on any atom is -0.483 e. The number of benzene rings is 3. The average Bonchev–Trinajstić information content (AvgIpc) is 2.79. The van der Waals surface area contributed by atoms with Crippen molar-refractivity contribution in [3.05, 3.63) is 94.3 Å². The van der Waals surface area contributed by atoms with E-state index in [2.05, 4.69) is 19.2 Å². The molecule has 0 saturated carbocycles. The predicted molar refractivity (Wildman–Crippen MR) is 127 cm³/mol. The predicted octanol–water partition coefficient (Wildman–Crippen LogP) is 5.91. The maximum absolute atomic E-state index is 12.5. The lowest BCUT2D eigenvalue weighted by atomic mass is 10.0. The number of anilines is 1. The van der Waals surface area contributed by atoms with Gasteiger partial charge in [0.25, 0.3) is 5.91 Å². The summed E-state index contributed by atoms with van der Waals surface area (Å²) in [5, 5.41) is 3.74. The Morgan fingerprint density at radius 3 is 2.47 bits per heavy atom. The average molecular weight is 428 g/mol. The molecule has 0 saturated heterocycles. The fourth-order valence-electron chi connectivity index (χ4n) is 3.80. The molecule has 5 heteroatoms. The van der Waals surface area contributed by atoms with Gasteiger partial charge in [0.15, 0.2) is 6.61 Å². The quantitative estimate of drug-likeness (QED) is 0.389. The van der Waals surface area contributed by atoms with Gasteiger partial charge in [-0.05, 0) is 47.7 Å². The molecule has 0 bridgehead atoms. The van der Waals surface area contributed by atoms with Crippen LogP contribution >= 0.6 is 0 Å². The van der Waals surface area contributed by atoms with Crippen LogP contribution in [0.2, 0.25) is 0 Å². The summed E-state index contributed by atoms with van der Waals surface area (Å²) in [6.45, 7) is 5.83. The van der Waals surface area contributed by atoms with Crippen LogP contribution in [0.4, 0.5) is 5.69 Å². The van der Waals surface area contributed by atoms with Crippen molar-refractivity contribution in [1.29, 1.82) is 0 Å². The number of para-hydroxylation sites is 1. The number of carbonyl (C=O) groups excluding carboxylic acids is 1. The second kappa shape index (κ2) is 9.10. The molecule has 1 amide bonds. The van der Waals surface area contributed by atoms with Crippen LogP contribution in [0.5, 0.6) is 5.75 Å². The van der Waals surface area contributed by atoms with Crippen molar-refractivity contribution in [2.45, 2.75) is 26.7 Å². The highest BCUT2D eigenvalue weighted by Gasteiger charge is 2.15. The number of aryl methyl sites for hydroxylation is 1. The zero-order valence-electron chi connectivity index (χ0n) is 18.3. The van der Waals surface area contributed by atoms with Crippen molar-refractivity contribution >= 4 is 22.6 Å². The summed E-state index contributed by atoms with van der Waals surface area (Å²) in [6, 6.07) is 22.6. The number of carbonyl (C=O) groups is 1. The molecule has 0 aliphatic heterocycles. The van der Waals surface area contributed by atoms with Crippen LogP contribution in [-0.4, -0.2) is 12.5 Å². The molecular formula is C27H25NO4. The Morgan fingerprint density at radius 2 is 1.72 bits per heavy atom. The van der Waals surface area contributed by atoms with Gasteiger partial charge in [-0.25, -0.2) is 4.79 Å². The van der Waals surface area contributed by atoms with Crippen LogP contribution in [0.15, 0.2) is 82.0 Å². The summed E-state index contributed by atoms with van der Waals surface area (Å²) in [4.78, 5) is 24.7. The SMILES string of the molecule is Cc1c(OCC(=O)Nc2ccccc2C(C)C)ccc2c(-c3ccccc3)cc(=O)oc12. The molecule has 1 N–H and O–H groups in total. The molecule has 0 radical (unpaired) electrons. The largest absolute Gasteiger partial charge is 0.483 e. The first-order chi connectivity index (χ1) is 15.4. The molecule has 1 heterocycles. The minimum absolute atomic E-state index is 0.151. The van der Waals surface area contributed by atoms with Gasteiger partial charge in [-0.1, -0.05) is 62.4 Å². The first-order valence-electron chi connectivity index (χ1n) is 10.6. The van der Waals surface area contributed by atoms with Crippen molar-refractivity contribution in [3.8, 4) is 16.9 Å². The number of ether oxygens (including phenoxy) is 1. The van der Waals surface area contributed by atoms with Crippen molar-refractivity contribution in [3.63, 3.8) is 0 Å². The van der Waals surface area contributed by atoms with Crippen LogP contribution in [0.3, 0.4) is 0 Å². The Balaban J connectivity index is 1.58. The highest BCUT2D eigenvalue weighted by Crippen LogP contribution is 2.33. The van der Waals surface area contributed by atoms with Gasteiger partial charge in [0.05, 0.1) is 0 Å². The maximum Gasteiger partial charge on any atom is 0.336 e. The Bertz CT molecular complexity index is 1320. The van der Waals surface area contributed by atoms with E-state index >= 15 is 0 Å². The molecule has 1 aromatic heterocycles. The molecule has 3 aromatic carbocycles. The molecular weight excluding hydrogens is 402 g/mol. The van der Waals surface area contributed by atoms with Crippen molar-refractivity contribution in [2.24, 2.45) is 0 Å². The standard InChI is InChI=1S/C27H25NO4/c1-17(2)20-11-7-8-12-23(20)28-25(29)16-31-24-14-13-21-22(19-9-5-4-6-10-19)15-26(30)32-27(21)18(24)3/h4-15,17H,16H2,1-3H3,(H,28,29). The topological polar surface area (TPSA) is 68.5 Å². The molecule has 0 aliphatic rings. The van der Waals surface area contributed by atoms with Gasteiger partial charge >= 0.3 is 5.63 Å². The maximum atomic E-state index is 12.5. The fourth-order valence-corrected chi connectivity index (χ4v) is 3.80. The lowest BCUT2D eigenvalue weighted by molar-refractivity contribution is -0.118. The molecule has 0 aliphatic carbocycles. The number of nitrogens with one attached hydrogen (secondary N) is 1. The Kier molecular flexibility index (Phi) is 6.08. The lowest BCUT2D eigenvalue weighted by Crippen LogP contribution is -2.21. The van der Waals surface area contributed by atoms with E-state index < -0.39 is 5.63 Å². The summed E-state index contributed by atoms with van der Waals surface area (Å²) >= 11 is 0. The minimum atomic E-state index is -0.431. The van der Waals surface area contributed by atoms with Crippen LogP contribution in [0.1, 0.15) is 30.9 Å². The number of fused-ring (bicyclic) bond motifs is 1. The Morgan fingerprint density at radius 1 is 1.00 bits per heavy atom. The van der Waals surface area contributed by atoms with Crippen molar-refractivity contribution < 1.29 is 13.9 Å². The molecule has 162 valence electrons. The second-order valence-corrected chi connectivity index (χ2v) is 7.99. The van der Waals surface area contributed by atoms with E-state index in [9.17, 15) is 9.59 Å². The van der Waals surface area contributed by atoms with Gasteiger partial charge in [-0.15, -0.1) is 0 Å². The summed E-state index contributed by atoms with van der Waals surface area (Å²) in [5.41, 5.74) is 4.28. The number of amides is 1. The van der Waals surface area contributed by atoms with Crippen LogP contribution in [0, 0.1) is 6.92 Å². The second-order valence-electron chi connectivity index (χ2n) is 7.99. The van der Waals surface area contributed by atoms with E-state index in [1.165, 1.54) is 6.07 Å². The molecule has 5 nitrogen and oxygen atoms in total. The van der Waals surface area contributed by atoms with Crippen molar-refractivity contribution in [2.75, 3.05) is 11.9 Å². The smallest absolute Gasteiger partial charge is 0.336 e. The summed E-state index contributed by atoms with van der Waals surface area (Å²) in [7, 11) is 0. The first-order valence-corrected chi connectivity index (χ1v) is 10.6. The molecule has 0 fully saturated rings. The Hall–Kier alpha value is -3.86. The van der Waals surface area contributed by atoms with E-state index in [-0.39, 0.29) is 18.4 Å². The van der Waals surface area contributed by atoms with Crippen LogP contribution < -0.4 is 15.7 Å². The van der Waals surface area contributed by atoms with Gasteiger partial charge in [-0.2, -0.15) is 0 Å². The van der Waals surface area contributed by atoms with Crippen LogP contribution in [0.25, 0.3) is 22.1 Å². The van der Waals surface area contributed by atoms with Gasteiger partial charge in [-0.3, -0.25) is 4.79 Å². The van der Waals surface area contributed by atoms with E-state index in [0.717, 1.165) is 27.8 Å². The van der Waals surface area contributed by atoms with E-state index in [4.69, 9.17) is 9.15 Å². The zero-order valence-corrected chi connectivity index (χ0v) is 18.3. The first kappa shape index (κ1) is 21.4. The summed E-state index contributed by atoms with van der Waals surface area (Å²) < 4.78 is 11.3. The molecule has 0 unspecified atom stereocenters. The van der Waals surface area contributed by atoms with E-state index in [1.54, 1.807) is 6.07 Å². The van der Waals surface area contributed by atoms with Gasteiger partial charge in [0, 0.05) is 22.7 Å². The normalized spacial score (nSPS) is 11.0. The van der Waals surface area contributed by atoms with Gasteiger partial charge in [0.1, 0.15) is 11.3 Å². The molecule has 32 heavy (non-hydrogen) atoms.